The lowest BCUT2D eigenvalue weighted by molar-refractivity contribution is -0.870. The van der Waals surface area contributed by atoms with E-state index in [1.165, 1.54) is 225 Å². The number of hydrogen-bond acceptors (Lipinski definition) is 5. The number of aliphatic hydroxyl groups is 1. The maximum absolute atomic E-state index is 13.1. The van der Waals surface area contributed by atoms with E-state index >= 15 is 0 Å². The van der Waals surface area contributed by atoms with Crippen molar-refractivity contribution in [3.05, 3.63) is 60.8 Å². The monoisotopic (exact) mass is 1120 g/mol. The van der Waals surface area contributed by atoms with Crippen molar-refractivity contribution < 1.29 is 32.9 Å². The quantitative estimate of drug-likeness (QED) is 0.0243. The number of unbranched alkanes of at least 4 members (excludes halogenated alkanes) is 39. The first kappa shape index (κ1) is 76.2. The summed E-state index contributed by atoms with van der Waals surface area (Å²) in [5.74, 6) is -0.139. The van der Waals surface area contributed by atoms with Crippen molar-refractivity contribution in [2.24, 2.45) is 0 Å². The number of aliphatic hydroxyl groups excluding tert-OH is 1. The molecular weight excluding hydrogens is 984 g/mol. The minimum absolute atomic E-state index is 0.0758. The van der Waals surface area contributed by atoms with Crippen LogP contribution in [0.2, 0.25) is 0 Å². The van der Waals surface area contributed by atoms with Crippen LogP contribution in [0.4, 0.5) is 0 Å². The minimum atomic E-state index is -4.33. The Bertz CT molecular complexity index is 1450. The average molecular weight is 1120 g/mol. The molecule has 0 heterocycles. The molecule has 78 heavy (non-hydrogen) atoms. The summed E-state index contributed by atoms with van der Waals surface area (Å²) in [7, 11) is 1.63. The van der Waals surface area contributed by atoms with Crippen molar-refractivity contribution in [2.75, 3.05) is 40.9 Å². The lowest BCUT2D eigenvalue weighted by atomic mass is 10.0. The van der Waals surface area contributed by atoms with Crippen molar-refractivity contribution in [1.29, 1.82) is 0 Å². The van der Waals surface area contributed by atoms with Crippen molar-refractivity contribution in [2.45, 2.75) is 334 Å². The van der Waals surface area contributed by atoms with Crippen molar-refractivity contribution >= 4 is 13.7 Å². The molecular formula is C69H132N2O6P+. The van der Waals surface area contributed by atoms with Crippen molar-refractivity contribution in [3.8, 4) is 0 Å². The summed E-state index contributed by atoms with van der Waals surface area (Å²) in [6.07, 6.45) is 81.7. The first-order chi connectivity index (χ1) is 38.0. The van der Waals surface area contributed by atoms with E-state index < -0.39 is 20.0 Å². The summed E-state index contributed by atoms with van der Waals surface area (Å²) in [4.78, 5) is 23.4. The molecule has 3 atom stereocenters. The van der Waals surface area contributed by atoms with Crippen LogP contribution in [0.15, 0.2) is 60.8 Å². The highest BCUT2D eigenvalue weighted by Gasteiger charge is 2.28. The van der Waals surface area contributed by atoms with Gasteiger partial charge in [-0.25, -0.2) is 4.57 Å². The number of allylic oxidation sites excluding steroid dienone is 10. The standard InChI is InChI=1S/C69H131N2O6P/c1-6-8-10-12-14-16-18-20-22-24-26-27-28-29-30-31-32-33-34-35-36-37-38-39-40-41-42-43-45-47-49-51-53-55-57-59-61-63-69(73)70-67(66-77-78(74,75)76-65-64-71(3,4)5)68(72)62-60-58-56-54-52-50-48-46-44-25-23-21-19-17-15-13-11-9-7-2/h8,10,14,16,20,22,26-27,29-30,67-68,72H,6-7,9,11-13,15,17-19,21,23-25,28,31-66H2,1-5H3,(H-,70,73,74,75)/p+1/b10-8-,16-14-,22-20-,27-26-,30-29-. The number of nitrogens with one attached hydrogen (secondary N) is 1. The molecule has 0 aromatic carbocycles. The summed E-state index contributed by atoms with van der Waals surface area (Å²) in [6, 6.07) is -0.761. The summed E-state index contributed by atoms with van der Waals surface area (Å²) in [5, 5.41) is 14.1. The summed E-state index contributed by atoms with van der Waals surface area (Å²) >= 11 is 0. The zero-order valence-corrected chi connectivity index (χ0v) is 53.3. The predicted octanol–water partition coefficient (Wildman–Crippen LogP) is 21.2. The molecule has 0 rings (SSSR count). The average Bonchev–Trinajstić information content (AvgIpc) is 3.41. The number of phosphoric acid groups is 1. The maximum atomic E-state index is 13.1. The molecule has 8 nitrogen and oxygen atoms in total. The summed E-state index contributed by atoms with van der Waals surface area (Å²) < 4.78 is 23.9. The van der Waals surface area contributed by atoms with Gasteiger partial charge in [-0.3, -0.25) is 13.8 Å². The van der Waals surface area contributed by atoms with E-state index in [2.05, 4.69) is 79.9 Å². The Hall–Kier alpha value is -1.80. The fraction of sp³-hybridized carbons (Fsp3) is 0.841. The Morgan fingerprint density at radius 3 is 1.13 bits per heavy atom. The number of nitrogens with zero attached hydrogens (tertiary/aromatic N) is 1. The molecule has 0 aliphatic heterocycles. The topological polar surface area (TPSA) is 105 Å². The second-order valence-corrected chi connectivity index (χ2v) is 25.6. The number of hydrogen-bond donors (Lipinski definition) is 3. The first-order valence-corrected chi connectivity index (χ1v) is 35.1. The van der Waals surface area contributed by atoms with Crippen LogP contribution in [0.1, 0.15) is 322 Å². The number of carbonyl (C=O) groups is 1. The maximum Gasteiger partial charge on any atom is 0.472 e. The molecule has 458 valence electrons. The molecule has 9 heteroatoms. The van der Waals surface area contributed by atoms with Gasteiger partial charge in [-0.2, -0.15) is 0 Å². The highest BCUT2D eigenvalue weighted by atomic mass is 31.2. The van der Waals surface area contributed by atoms with Gasteiger partial charge < -0.3 is 19.8 Å². The van der Waals surface area contributed by atoms with Crippen LogP contribution in [-0.4, -0.2) is 73.4 Å². The largest absolute Gasteiger partial charge is 0.472 e. The predicted molar refractivity (Wildman–Crippen MR) is 341 cm³/mol. The molecule has 3 N–H and O–H groups in total. The van der Waals surface area contributed by atoms with Crippen LogP contribution in [0.5, 0.6) is 0 Å². The molecule has 3 unspecified atom stereocenters. The third kappa shape index (κ3) is 61.8. The Morgan fingerprint density at radius 1 is 0.449 bits per heavy atom. The number of likely N-dealkylation sites (N-methyl/N-ethyl adjacent to an activating group) is 1. The van der Waals surface area contributed by atoms with Crippen LogP contribution in [0, 0.1) is 0 Å². The van der Waals surface area contributed by atoms with E-state index in [9.17, 15) is 19.4 Å². The lowest BCUT2D eigenvalue weighted by Crippen LogP contribution is -2.46. The van der Waals surface area contributed by atoms with Crippen molar-refractivity contribution in [3.63, 3.8) is 0 Å². The zero-order chi connectivity index (χ0) is 57.0. The van der Waals surface area contributed by atoms with Gasteiger partial charge in [0.25, 0.3) is 0 Å². The SMILES string of the molecule is CC/C=C\C/C=C\C/C=C\C/C=C\C/C=C\CCCCCCCCCCCCCCCCCCCCCCCC(=O)NC(COP(=O)(O)OCC[N+](C)(C)C)C(O)CCCCCCCCCCCCCCCCCCCCC. The Kier molecular flexibility index (Phi) is 58.4. The molecule has 0 radical (unpaired) electrons. The fourth-order valence-corrected chi connectivity index (χ4v) is 10.8. The van der Waals surface area contributed by atoms with Crippen LogP contribution >= 0.6 is 7.82 Å². The molecule has 0 saturated heterocycles. The molecule has 0 saturated carbocycles. The molecule has 0 bridgehead atoms. The van der Waals surface area contributed by atoms with Crippen LogP contribution in [-0.2, 0) is 18.4 Å². The first-order valence-electron chi connectivity index (χ1n) is 33.7. The van der Waals surface area contributed by atoms with Gasteiger partial charge in [0.2, 0.25) is 5.91 Å². The van der Waals surface area contributed by atoms with E-state index in [4.69, 9.17) is 9.05 Å². The number of rotatable bonds is 62. The van der Waals surface area contributed by atoms with Gasteiger partial charge in [-0.15, -0.1) is 0 Å². The number of quaternary nitrogens is 1. The third-order valence-electron chi connectivity index (χ3n) is 15.3. The van der Waals surface area contributed by atoms with Gasteiger partial charge in [0.1, 0.15) is 13.2 Å². The van der Waals surface area contributed by atoms with Crippen LogP contribution in [0.25, 0.3) is 0 Å². The second kappa shape index (κ2) is 59.8. The number of amides is 1. The fourth-order valence-electron chi connectivity index (χ4n) is 10.1. The number of phosphoric ester groups is 1. The molecule has 0 aliphatic rings. The molecule has 0 aliphatic carbocycles. The Balaban J connectivity index is 3.96. The van der Waals surface area contributed by atoms with Gasteiger partial charge in [0.15, 0.2) is 0 Å². The Morgan fingerprint density at radius 2 is 0.769 bits per heavy atom. The third-order valence-corrected chi connectivity index (χ3v) is 16.3. The highest BCUT2D eigenvalue weighted by molar-refractivity contribution is 7.47. The van der Waals surface area contributed by atoms with E-state index in [0.29, 0.717) is 23.9 Å². The van der Waals surface area contributed by atoms with Gasteiger partial charge in [-0.1, -0.05) is 319 Å². The molecule has 0 aromatic heterocycles. The van der Waals surface area contributed by atoms with Crippen molar-refractivity contribution in [1.82, 2.24) is 5.32 Å². The molecule has 1 amide bonds. The molecule has 0 fully saturated rings. The Labute approximate surface area is 485 Å². The van der Waals surface area contributed by atoms with Crippen LogP contribution in [0.3, 0.4) is 0 Å². The van der Waals surface area contributed by atoms with Gasteiger partial charge >= 0.3 is 7.82 Å². The molecule has 0 aromatic rings. The summed E-state index contributed by atoms with van der Waals surface area (Å²) in [5.41, 5.74) is 0. The zero-order valence-electron chi connectivity index (χ0n) is 52.4. The van der Waals surface area contributed by atoms with E-state index in [-0.39, 0.29) is 19.1 Å². The minimum Gasteiger partial charge on any atom is -0.391 e. The van der Waals surface area contributed by atoms with E-state index in [1.54, 1.807) is 0 Å². The van der Waals surface area contributed by atoms with Gasteiger partial charge in [0.05, 0.1) is 39.9 Å². The van der Waals surface area contributed by atoms with Gasteiger partial charge in [0, 0.05) is 6.42 Å². The second-order valence-electron chi connectivity index (χ2n) is 24.2. The number of carbonyl (C=O) groups excluding carboxylic acids is 1. The van der Waals surface area contributed by atoms with Crippen LogP contribution < -0.4 is 5.32 Å². The highest BCUT2D eigenvalue weighted by Crippen LogP contribution is 2.43. The molecule has 0 spiro atoms. The van der Waals surface area contributed by atoms with E-state index in [1.807, 2.05) is 21.1 Å². The summed E-state index contributed by atoms with van der Waals surface area (Å²) in [6.45, 7) is 4.82. The van der Waals surface area contributed by atoms with E-state index in [0.717, 1.165) is 70.6 Å². The normalized spacial score (nSPS) is 14.1. The lowest BCUT2D eigenvalue weighted by Gasteiger charge is -2.26. The van der Waals surface area contributed by atoms with Gasteiger partial charge in [-0.05, 0) is 57.8 Å². The smallest absolute Gasteiger partial charge is 0.391 e.